The van der Waals surface area contributed by atoms with E-state index in [2.05, 4.69) is 27.9 Å². The van der Waals surface area contributed by atoms with Crippen molar-refractivity contribution in [2.24, 2.45) is 0 Å². The Morgan fingerprint density at radius 2 is 1.96 bits per heavy atom. The van der Waals surface area contributed by atoms with Gasteiger partial charge in [-0.2, -0.15) is 0 Å². The highest BCUT2D eigenvalue weighted by molar-refractivity contribution is 14.1. The second-order valence-electron chi connectivity index (χ2n) is 5.59. The van der Waals surface area contributed by atoms with Crippen molar-refractivity contribution in [3.8, 4) is 5.75 Å². The summed E-state index contributed by atoms with van der Waals surface area (Å²) in [6.07, 6.45) is 0. The molecule has 0 saturated heterocycles. The summed E-state index contributed by atoms with van der Waals surface area (Å²) >= 11 is 3.74. The van der Waals surface area contributed by atoms with E-state index in [-0.39, 0.29) is 11.7 Å². The Morgan fingerprint density at radius 1 is 1.20 bits per heavy atom. The minimum absolute atomic E-state index is 0.0145. The molecule has 0 bridgehead atoms. The Kier molecular flexibility index (Phi) is 7.31. The summed E-state index contributed by atoms with van der Waals surface area (Å²) in [5.41, 5.74) is 3.55. The first-order chi connectivity index (χ1) is 11.9. The van der Waals surface area contributed by atoms with E-state index >= 15 is 0 Å². The van der Waals surface area contributed by atoms with Crippen LogP contribution in [0.15, 0.2) is 36.4 Å². The van der Waals surface area contributed by atoms with Gasteiger partial charge in [0.25, 0.3) is 0 Å². The van der Waals surface area contributed by atoms with Crippen LogP contribution in [0.5, 0.6) is 5.75 Å². The number of aryl methyl sites for hydroxylation is 1. The summed E-state index contributed by atoms with van der Waals surface area (Å²) in [6, 6.07) is 11.2. The molecule has 0 aromatic heterocycles. The summed E-state index contributed by atoms with van der Waals surface area (Å²) in [4.78, 5) is 23.6. The molecule has 2 rings (SSSR count). The van der Waals surface area contributed by atoms with Gasteiger partial charge in [-0.05, 0) is 72.3 Å². The molecule has 6 heteroatoms. The Labute approximate surface area is 165 Å². The highest BCUT2D eigenvalue weighted by Gasteiger charge is 2.09. The van der Waals surface area contributed by atoms with Crippen LogP contribution in [0.25, 0.3) is 0 Å². The van der Waals surface area contributed by atoms with Gasteiger partial charge in [0.05, 0.1) is 12.9 Å². The van der Waals surface area contributed by atoms with Gasteiger partial charge in [0, 0.05) is 26.1 Å². The number of hydrogen-bond donors (Lipinski definition) is 1. The number of ether oxygens (including phenoxy) is 1. The number of hydrogen-bond acceptors (Lipinski definition) is 4. The van der Waals surface area contributed by atoms with E-state index in [0.717, 1.165) is 20.6 Å². The lowest BCUT2D eigenvalue weighted by Crippen LogP contribution is -2.14. The van der Waals surface area contributed by atoms with Crippen LogP contribution in [0.2, 0.25) is 0 Å². The maximum atomic E-state index is 12.1. The van der Waals surface area contributed by atoms with Crippen molar-refractivity contribution in [3.05, 3.63) is 56.7 Å². The molecule has 25 heavy (non-hydrogen) atoms. The van der Waals surface area contributed by atoms with Crippen LogP contribution in [0.4, 0.5) is 5.69 Å². The largest absolute Gasteiger partial charge is 0.496 e. The molecular weight excluding hydrogens is 449 g/mol. The van der Waals surface area contributed by atoms with Crippen molar-refractivity contribution in [1.82, 2.24) is 0 Å². The number of benzene rings is 2. The zero-order valence-corrected chi connectivity index (χ0v) is 17.4. The number of amides is 1. The third-order valence-electron chi connectivity index (χ3n) is 3.63. The second-order valence-corrected chi connectivity index (χ2v) is 7.74. The average Bonchev–Trinajstić information content (AvgIpc) is 2.58. The zero-order chi connectivity index (χ0) is 18.4. The highest BCUT2D eigenvalue weighted by Crippen LogP contribution is 2.25. The molecule has 1 amide bonds. The van der Waals surface area contributed by atoms with Gasteiger partial charge in [0.2, 0.25) is 5.91 Å². The molecule has 0 radical (unpaired) electrons. The van der Waals surface area contributed by atoms with E-state index in [1.165, 1.54) is 24.2 Å². The van der Waals surface area contributed by atoms with Gasteiger partial charge < -0.3 is 10.1 Å². The van der Waals surface area contributed by atoms with E-state index in [1.54, 1.807) is 19.2 Å². The smallest absolute Gasteiger partial charge is 0.234 e. The first-order valence-electron chi connectivity index (χ1n) is 7.72. The minimum Gasteiger partial charge on any atom is -0.496 e. The lowest BCUT2D eigenvalue weighted by molar-refractivity contribution is -0.113. The quantitative estimate of drug-likeness (QED) is 0.473. The molecule has 4 nitrogen and oxygen atoms in total. The van der Waals surface area contributed by atoms with E-state index < -0.39 is 0 Å². The third kappa shape index (κ3) is 5.74. The number of thioether (sulfide) groups is 1. The van der Waals surface area contributed by atoms with E-state index in [1.807, 2.05) is 31.2 Å². The van der Waals surface area contributed by atoms with Gasteiger partial charge in [-0.15, -0.1) is 11.8 Å². The summed E-state index contributed by atoms with van der Waals surface area (Å²) in [5.74, 6) is 1.62. The maximum absolute atomic E-state index is 12.1. The Morgan fingerprint density at radius 3 is 2.60 bits per heavy atom. The van der Waals surface area contributed by atoms with Crippen LogP contribution < -0.4 is 10.1 Å². The molecular formula is C19H20INO3S. The molecule has 0 saturated carbocycles. The number of rotatable bonds is 7. The van der Waals surface area contributed by atoms with Crippen molar-refractivity contribution >= 4 is 51.7 Å². The molecule has 0 atom stereocenters. The van der Waals surface area contributed by atoms with Crippen LogP contribution in [-0.4, -0.2) is 24.6 Å². The van der Waals surface area contributed by atoms with Crippen LogP contribution >= 0.6 is 34.4 Å². The zero-order valence-electron chi connectivity index (χ0n) is 14.4. The van der Waals surface area contributed by atoms with Crippen LogP contribution in [0, 0.1) is 10.5 Å². The van der Waals surface area contributed by atoms with Crippen LogP contribution in [0.1, 0.15) is 28.4 Å². The Balaban J connectivity index is 1.93. The molecule has 132 valence electrons. The first-order valence-corrected chi connectivity index (χ1v) is 9.95. The number of carbonyl (C=O) groups excluding carboxylic acids is 2. The topological polar surface area (TPSA) is 55.4 Å². The summed E-state index contributed by atoms with van der Waals surface area (Å²) in [5, 5.41) is 2.90. The fourth-order valence-corrected chi connectivity index (χ4v) is 3.55. The first kappa shape index (κ1) is 19.8. The fourth-order valence-electron chi connectivity index (χ4n) is 2.23. The summed E-state index contributed by atoms with van der Waals surface area (Å²) in [6.45, 7) is 3.57. The standard InChI is InChI=1S/C19H20INO3S/c1-12-4-6-16(9-17(12)20)21-19(23)11-25-10-15-8-14(13(2)22)5-7-18(15)24-3/h4-9H,10-11H2,1-3H3,(H,21,23). The van der Waals surface area contributed by atoms with Crippen molar-refractivity contribution in [3.63, 3.8) is 0 Å². The molecule has 0 unspecified atom stereocenters. The predicted octanol–water partition coefficient (Wildman–Crippen LogP) is 4.68. The average molecular weight is 469 g/mol. The number of nitrogens with one attached hydrogen (secondary N) is 1. The third-order valence-corrected chi connectivity index (χ3v) is 5.78. The van der Waals surface area contributed by atoms with Crippen molar-refractivity contribution in [1.29, 1.82) is 0 Å². The van der Waals surface area contributed by atoms with Gasteiger partial charge in [-0.25, -0.2) is 0 Å². The molecule has 2 aromatic rings. The molecule has 0 aliphatic carbocycles. The SMILES string of the molecule is COc1ccc(C(C)=O)cc1CSCC(=O)Nc1ccc(C)c(I)c1. The van der Waals surface area contributed by atoms with Crippen molar-refractivity contribution in [2.45, 2.75) is 19.6 Å². The van der Waals surface area contributed by atoms with Gasteiger partial charge in [-0.1, -0.05) is 6.07 Å². The molecule has 0 spiro atoms. The lowest BCUT2D eigenvalue weighted by atomic mass is 10.1. The Hall–Kier alpha value is -1.54. The van der Waals surface area contributed by atoms with Gasteiger partial charge in [0.15, 0.2) is 5.78 Å². The fraction of sp³-hybridized carbons (Fsp3) is 0.263. The van der Waals surface area contributed by atoms with Crippen molar-refractivity contribution < 1.29 is 14.3 Å². The summed E-state index contributed by atoms with van der Waals surface area (Å²) in [7, 11) is 1.60. The summed E-state index contributed by atoms with van der Waals surface area (Å²) < 4.78 is 6.45. The van der Waals surface area contributed by atoms with E-state index in [9.17, 15) is 9.59 Å². The number of methoxy groups -OCH3 is 1. The number of Topliss-reactive ketones (excluding diaryl/α,β-unsaturated/α-hetero) is 1. The molecule has 0 aliphatic heterocycles. The van der Waals surface area contributed by atoms with E-state index in [0.29, 0.717) is 17.1 Å². The van der Waals surface area contributed by atoms with Crippen molar-refractivity contribution in [2.75, 3.05) is 18.2 Å². The number of anilines is 1. The Bertz CT molecular complexity index is 792. The minimum atomic E-state index is -0.0497. The normalized spacial score (nSPS) is 10.4. The monoisotopic (exact) mass is 469 g/mol. The van der Waals surface area contributed by atoms with E-state index in [4.69, 9.17) is 4.74 Å². The van der Waals surface area contributed by atoms with Crippen LogP contribution in [0.3, 0.4) is 0 Å². The number of ketones is 1. The molecule has 2 aromatic carbocycles. The molecule has 0 fully saturated rings. The predicted molar refractivity (Wildman–Crippen MR) is 112 cm³/mol. The molecule has 0 heterocycles. The number of carbonyl (C=O) groups is 2. The number of halogens is 1. The van der Waals surface area contributed by atoms with Gasteiger partial charge in [0.1, 0.15) is 5.75 Å². The maximum Gasteiger partial charge on any atom is 0.234 e. The highest BCUT2D eigenvalue weighted by atomic mass is 127. The second kappa shape index (κ2) is 9.24. The molecule has 1 N–H and O–H groups in total. The molecule has 0 aliphatic rings. The van der Waals surface area contributed by atoms with Gasteiger partial charge in [-0.3, -0.25) is 9.59 Å². The van der Waals surface area contributed by atoms with Gasteiger partial charge >= 0.3 is 0 Å². The lowest BCUT2D eigenvalue weighted by Gasteiger charge is -2.10. The van der Waals surface area contributed by atoms with Crippen LogP contribution in [-0.2, 0) is 10.5 Å².